The molecule has 0 N–H and O–H groups in total. The second-order valence-electron chi connectivity index (χ2n) is 7.57. The fraction of sp³-hybridized carbons (Fsp3) is 0.348. The molecule has 1 fully saturated rings. The van der Waals surface area contributed by atoms with Crippen molar-refractivity contribution in [3.63, 3.8) is 0 Å². The average molecular weight is 458 g/mol. The first-order valence-corrected chi connectivity index (χ1v) is 11.6. The predicted molar refractivity (Wildman–Crippen MR) is 122 cm³/mol. The molecule has 0 radical (unpaired) electrons. The molecular weight excluding hydrogens is 434 g/mol. The number of imidazole rings is 1. The second-order valence-corrected chi connectivity index (χ2v) is 8.94. The van der Waals surface area contributed by atoms with Gasteiger partial charge in [0.25, 0.3) is 0 Å². The van der Waals surface area contributed by atoms with Gasteiger partial charge < -0.3 is 14.2 Å². The zero-order chi connectivity index (χ0) is 21.8. The summed E-state index contributed by atoms with van der Waals surface area (Å²) in [5, 5.41) is 1.43. The summed E-state index contributed by atoms with van der Waals surface area (Å²) in [6.07, 6.45) is 1.29. The molecule has 1 amide bonds. The van der Waals surface area contributed by atoms with E-state index in [0.29, 0.717) is 43.3 Å². The molecule has 0 aliphatic carbocycles. The number of halogens is 1. The van der Waals surface area contributed by atoms with Crippen LogP contribution in [0.3, 0.4) is 0 Å². The van der Waals surface area contributed by atoms with Crippen LogP contribution >= 0.6 is 23.4 Å². The molecule has 6 nitrogen and oxygen atoms in total. The van der Waals surface area contributed by atoms with Gasteiger partial charge in [0.1, 0.15) is 0 Å². The number of carbonyl (C=O) groups excluding carboxylic acids is 2. The SMILES string of the molecule is COC(=O)C1CCN(C(=O)CSc2nc3cc(Cl)ccc3n2Cc2ccccc2)CC1. The molecule has 1 aliphatic rings. The summed E-state index contributed by atoms with van der Waals surface area (Å²) in [5.74, 6) is 0.0651. The first-order chi connectivity index (χ1) is 15.0. The lowest BCUT2D eigenvalue weighted by Crippen LogP contribution is -2.41. The number of fused-ring (bicyclic) bond motifs is 1. The summed E-state index contributed by atoms with van der Waals surface area (Å²) in [6.45, 7) is 1.82. The number of likely N-dealkylation sites (tertiary alicyclic amines) is 1. The van der Waals surface area contributed by atoms with E-state index in [1.54, 1.807) is 0 Å². The molecule has 3 aromatic rings. The molecule has 31 heavy (non-hydrogen) atoms. The van der Waals surface area contributed by atoms with Crippen molar-refractivity contribution < 1.29 is 14.3 Å². The Labute approximate surface area is 190 Å². The van der Waals surface area contributed by atoms with E-state index in [2.05, 4.69) is 16.7 Å². The highest BCUT2D eigenvalue weighted by molar-refractivity contribution is 7.99. The van der Waals surface area contributed by atoms with Crippen molar-refractivity contribution in [2.24, 2.45) is 5.92 Å². The fourth-order valence-electron chi connectivity index (χ4n) is 3.86. The summed E-state index contributed by atoms with van der Waals surface area (Å²) in [5.41, 5.74) is 2.97. The Kier molecular flexibility index (Phi) is 6.83. The minimum atomic E-state index is -0.185. The van der Waals surface area contributed by atoms with Crippen LogP contribution in [0, 0.1) is 5.92 Å². The number of methoxy groups -OCH3 is 1. The minimum absolute atomic E-state index is 0.0599. The number of rotatable bonds is 6. The third kappa shape index (κ3) is 5.05. The van der Waals surface area contributed by atoms with Gasteiger partial charge in [-0.1, -0.05) is 53.7 Å². The molecule has 0 atom stereocenters. The van der Waals surface area contributed by atoms with Gasteiger partial charge in [0.15, 0.2) is 5.16 Å². The number of ether oxygens (including phenoxy) is 1. The third-order valence-corrected chi connectivity index (χ3v) is 6.76. The number of piperidine rings is 1. The van der Waals surface area contributed by atoms with Crippen molar-refractivity contribution in [3.05, 3.63) is 59.1 Å². The van der Waals surface area contributed by atoms with E-state index in [-0.39, 0.29) is 17.8 Å². The lowest BCUT2D eigenvalue weighted by Gasteiger charge is -2.30. The number of aromatic nitrogens is 2. The monoisotopic (exact) mass is 457 g/mol. The van der Waals surface area contributed by atoms with Crippen molar-refractivity contribution >= 4 is 46.3 Å². The molecule has 2 aromatic carbocycles. The summed E-state index contributed by atoms with van der Waals surface area (Å²) >= 11 is 7.60. The van der Waals surface area contributed by atoms with Crippen LogP contribution in [-0.4, -0.2) is 52.3 Å². The third-order valence-electron chi connectivity index (χ3n) is 5.57. The van der Waals surface area contributed by atoms with Crippen LogP contribution in [0.25, 0.3) is 11.0 Å². The number of amides is 1. The maximum atomic E-state index is 12.8. The van der Waals surface area contributed by atoms with Crippen molar-refractivity contribution in [1.82, 2.24) is 14.5 Å². The summed E-state index contributed by atoms with van der Waals surface area (Å²) < 4.78 is 6.95. The maximum Gasteiger partial charge on any atom is 0.308 e. The van der Waals surface area contributed by atoms with Gasteiger partial charge in [-0.2, -0.15) is 0 Å². The summed E-state index contributed by atoms with van der Waals surface area (Å²) in [4.78, 5) is 31.1. The Bertz CT molecular complexity index is 1080. The molecule has 1 aromatic heterocycles. The zero-order valence-corrected chi connectivity index (χ0v) is 18.9. The van der Waals surface area contributed by atoms with Crippen LogP contribution in [0.2, 0.25) is 5.02 Å². The highest BCUT2D eigenvalue weighted by Gasteiger charge is 2.28. The Morgan fingerprint density at radius 1 is 1.16 bits per heavy atom. The topological polar surface area (TPSA) is 64.4 Å². The first kappa shape index (κ1) is 21.7. The molecule has 2 heterocycles. The molecule has 8 heteroatoms. The minimum Gasteiger partial charge on any atom is -0.469 e. The molecule has 1 aliphatic heterocycles. The number of hydrogen-bond acceptors (Lipinski definition) is 5. The van der Waals surface area contributed by atoms with Crippen molar-refractivity contribution in [1.29, 1.82) is 0 Å². The smallest absolute Gasteiger partial charge is 0.308 e. The van der Waals surface area contributed by atoms with Gasteiger partial charge in [-0.05, 0) is 36.6 Å². The van der Waals surface area contributed by atoms with Crippen LogP contribution in [0.5, 0.6) is 0 Å². The van der Waals surface area contributed by atoms with E-state index >= 15 is 0 Å². The summed E-state index contributed by atoms with van der Waals surface area (Å²) in [6, 6.07) is 15.9. The highest BCUT2D eigenvalue weighted by atomic mass is 35.5. The van der Waals surface area contributed by atoms with Gasteiger partial charge in [-0.15, -0.1) is 0 Å². The van der Waals surface area contributed by atoms with Crippen LogP contribution in [0.1, 0.15) is 18.4 Å². The Balaban J connectivity index is 1.47. The summed E-state index contributed by atoms with van der Waals surface area (Å²) in [7, 11) is 1.41. The van der Waals surface area contributed by atoms with Crippen molar-refractivity contribution in [2.75, 3.05) is 26.0 Å². The molecule has 0 bridgehead atoms. The van der Waals surface area contributed by atoms with Gasteiger partial charge in [0.2, 0.25) is 5.91 Å². The highest BCUT2D eigenvalue weighted by Crippen LogP contribution is 2.28. The number of benzene rings is 2. The van der Waals surface area contributed by atoms with Crippen LogP contribution in [-0.2, 0) is 20.9 Å². The molecule has 0 spiro atoms. The number of carbonyl (C=O) groups is 2. The molecule has 0 unspecified atom stereocenters. The Morgan fingerprint density at radius 2 is 1.90 bits per heavy atom. The standard InChI is InChI=1S/C23H24ClN3O3S/c1-30-22(29)17-9-11-26(12-10-17)21(28)15-31-23-25-19-13-18(24)7-8-20(19)27(23)14-16-5-3-2-4-6-16/h2-8,13,17H,9-12,14-15H2,1H3. The maximum absolute atomic E-state index is 12.8. The van der Waals surface area contributed by atoms with E-state index in [0.717, 1.165) is 21.8 Å². The largest absolute Gasteiger partial charge is 0.469 e. The second kappa shape index (κ2) is 9.75. The zero-order valence-electron chi connectivity index (χ0n) is 17.3. The van der Waals surface area contributed by atoms with E-state index in [4.69, 9.17) is 21.3 Å². The lowest BCUT2D eigenvalue weighted by molar-refractivity contribution is -0.148. The molecule has 1 saturated heterocycles. The van der Waals surface area contributed by atoms with Gasteiger partial charge in [0, 0.05) is 18.1 Å². The molecule has 162 valence electrons. The van der Waals surface area contributed by atoms with Crippen LogP contribution in [0.4, 0.5) is 0 Å². The normalized spacial score (nSPS) is 14.7. The van der Waals surface area contributed by atoms with E-state index in [1.165, 1.54) is 18.9 Å². The average Bonchev–Trinajstić information content (AvgIpc) is 3.13. The fourth-order valence-corrected chi connectivity index (χ4v) is 4.94. The van der Waals surface area contributed by atoms with E-state index in [9.17, 15) is 9.59 Å². The van der Waals surface area contributed by atoms with Gasteiger partial charge >= 0.3 is 5.97 Å². The van der Waals surface area contributed by atoms with Gasteiger partial charge in [-0.3, -0.25) is 9.59 Å². The number of nitrogens with zero attached hydrogens (tertiary/aromatic N) is 3. The first-order valence-electron chi connectivity index (χ1n) is 10.2. The lowest BCUT2D eigenvalue weighted by atomic mass is 9.97. The molecule has 4 rings (SSSR count). The van der Waals surface area contributed by atoms with E-state index in [1.807, 2.05) is 41.3 Å². The predicted octanol–water partition coefficient (Wildman–Crippen LogP) is 4.24. The number of thioether (sulfide) groups is 1. The van der Waals surface area contributed by atoms with Gasteiger partial charge in [-0.25, -0.2) is 4.98 Å². The molecular formula is C23H24ClN3O3S. The number of esters is 1. The Hall–Kier alpha value is -2.51. The number of hydrogen-bond donors (Lipinski definition) is 0. The Morgan fingerprint density at radius 3 is 2.61 bits per heavy atom. The van der Waals surface area contributed by atoms with Crippen molar-refractivity contribution in [3.8, 4) is 0 Å². The molecule has 0 saturated carbocycles. The van der Waals surface area contributed by atoms with Gasteiger partial charge in [0.05, 0.1) is 36.4 Å². The van der Waals surface area contributed by atoms with Crippen molar-refractivity contribution in [2.45, 2.75) is 24.5 Å². The van der Waals surface area contributed by atoms with E-state index < -0.39 is 0 Å². The van der Waals surface area contributed by atoms with Crippen LogP contribution < -0.4 is 0 Å². The quantitative estimate of drug-likeness (QED) is 0.409. The van der Waals surface area contributed by atoms with Crippen LogP contribution in [0.15, 0.2) is 53.7 Å².